The van der Waals surface area contributed by atoms with Crippen LogP contribution in [0, 0.1) is 0 Å². The number of nitrogens with one attached hydrogen (secondary N) is 1. The standard InChI is InChI=1S/C14H21BrN2O3/c1-10(20-13-6-4-3-5-12(13)15)9-17-14(18)7-11(8-16)19-2/h3-6,10-11H,7-9,16H2,1-2H3,(H,17,18). The van der Waals surface area contributed by atoms with Gasteiger partial charge in [-0.2, -0.15) is 0 Å². The quantitative estimate of drug-likeness (QED) is 0.752. The van der Waals surface area contributed by atoms with E-state index in [1.54, 1.807) is 7.11 Å². The molecule has 3 N–H and O–H groups in total. The van der Waals surface area contributed by atoms with E-state index in [2.05, 4.69) is 21.2 Å². The van der Waals surface area contributed by atoms with Gasteiger partial charge in [-0.3, -0.25) is 4.79 Å². The molecule has 5 nitrogen and oxygen atoms in total. The fourth-order valence-electron chi connectivity index (χ4n) is 1.60. The first-order valence-electron chi connectivity index (χ1n) is 6.47. The van der Waals surface area contributed by atoms with Crippen LogP contribution < -0.4 is 15.8 Å². The summed E-state index contributed by atoms with van der Waals surface area (Å²) < 4.78 is 11.7. The Morgan fingerprint density at radius 2 is 2.15 bits per heavy atom. The highest BCUT2D eigenvalue weighted by Crippen LogP contribution is 2.24. The second kappa shape index (κ2) is 8.94. The van der Waals surface area contributed by atoms with Gasteiger partial charge in [-0.1, -0.05) is 12.1 Å². The van der Waals surface area contributed by atoms with Crippen molar-refractivity contribution in [1.29, 1.82) is 0 Å². The van der Waals surface area contributed by atoms with Crippen LogP contribution in [0.25, 0.3) is 0 Å². The summed E-state index contributed by atoms with van der Waals surface area (Å²) in [5.74, 6) is 0.663. The molecule has 1 rings (SSSR count). The lowest BCUT2D eigenvalue weighted by molar-refractivity contribution is -0.123. The van der Waals surface area contributed by atoms with Gasteiger partial charge < -0.3 is 20.5 Å². The van der Waals surface area contributed by atoms with E-state index in [1.165, 1.54) is 0 Å². The van der Waals surface area contributed by atoms with E-state index in [9.17, 15) is 4.79 Å². The lowest BCUT2D eigenvalue weighted by Crippen LogP contribution is -2.37. The van der Waals surface area contributed by atoms with Gasteiger partial charge in [-0.25, -0.2) is 0 Å². The fourth-order valence-corrected chi connectivity index (χ4v) is 1.98. The number of methoxy groups -OCH3 is 1. The van der Waals surface area contributed by atoms with Crippen LogP contribution in [0.15, 0.2) is 28.7 Å². The molecular weight excluding hydrogens is 324 g/mol. The monoisotopic (exact) mass is 344 g/mol. The van der Waals surface area contributed by atoms with Crippen LogP contribution in [0.4, 0.5) is 0 Å². The van der Waals surface area contributed by atoms with Crippen molar-refractivity contribution in [3.8, 4) is 5.75 Å². The SMILES string of the molecule is COC(CN)CC(=O)NCC(C)Oc1ccccc1Br. The second-order valence-electron chi connectivity index (χ2n) is 4.46. The van der Waals surface area contributed by atoms with Gasteiger partial charge in [-0.15, -0.1) is 0 Å². The maximum atomic E-state index is 11.7. The smallest absolute Gasteiger partial charge is 0.222 e. The lowest BCUT2D eigenvalue weighted by atomic mass is 10.2. The molecule has 0 saturated heterocycles. The van der Waals surface area contributed by atoms with Crippen molar-refractivity contribution >= 4 is 21.8 Å². The molecule has 0 aliphatic rings. The Morgan fingerprint density at radius 3 is 2.75 bits per heavy atom. The zero-order chi connectivity index (χ0) is 15.0. The molecule has 0 heterocycles. The summed E-state index contributed by atoms with van der Waals surface area (Å²) in [4.78, 5) is 11.7. The average Bonchev–Trinajstić information content (AvgIpc) is 2.45. The molecule has 1 amide bonds. The number of benzene rings is 1. The predicted molar refractivity (Wildman–Crippen MR) is 81.7 cm³/mol. The van der Waals surface area contributed by atoms with E-state index in [0.29, 0.717) is 13.1 Å². The first kappa shape index (κ1) is 16.9. The lowest BCUT2D eigenvalue weighted by Gasteiger charge is -2.17. The number of hydrogen-bond donors (Lipinski definition) is 2. The number of carbonyl (C=O) groups is 1. The maximum absolute atomic E-state index is 11.7. The van der Waals surface area contributed by atoms with Gasteiger partial charge in [-0.05, 0) is 35.0 Å². The van der Waals surface area contributed by atoms with Crippen molar-refractivity contribution in [2.75, 3.05) is 20.2 Å². The molecule has 0 radical (unpaired) electrons. The van der Waals surface area contributed by atoms with Crippen LogP contribution >= 0.6 is 15.9 Å². The van der Waals surface area contributed by atoms with Crippen LogP contribution in [-0.4, -0.2) is 38.3 Å². The molecule has 0 bridgehead atoms. The van der Waals surface area contributed by atoms with Gasteiger partial charge in [0.2, 0.25) is 5.91 Å². The first-order chi connectivity index (χ1) is 9.56. The van der Waals surface area contributed by atoms with Crippen LogP contribution in [0.3, 0.4) is 0 Å². The Bertz CT molecular complexity index is 425. The highest BCUT2D eigenvalue weighted by molar-refractivity contribution is 9.10. The minimum absolute atomic E-state index is 0.0927. The van der Waals surface area contributed by atoms with Gasteiger partial charge >= 0.3 is 0 Å². The summed E-state index contributed by atoms with van der Waals surface area (Å²) in [7, 11) is 1.55. The molecule has 0 saturated carbocycles. The van der Waals surface area contributed by atoms with Crippen LogP contribution in [0.1, 0.15) is 13.3 Å². The summed E-state index contributed by atoms with van der Waals surface area (Å²) >= 11 is 3.41. The minimum Gasteiger partial charge on any atom is -0.488 e. The molecule has 1 aromatic carbocycles. The number of carbonyl (C=O) groups excluding carboxylic acids is 1. The zero-order valence-electron chi connectivity index (χ0n) is 11.8. The summed E-state index contributed by atoms with van der Waals surface area (Å²) in [5, 5.41) is 2.81. The normalized spacial score (nSPS) is 13.6. The molecular formula is C14H21BrN2O3. The van der Waals surface area contributed by atoms with Gasteiger partial charge in [0.25, 0.3) is 0 Å². The molecule has 6 heteroatoms. The molecule has 0 aliphatic carbocycles. The van der Waals surface area contributed by atoms with E-state index < -0.39 is 0 Å². The molecule has 0 aliphatic heterocycles. The summed E-state index contributed by atoms with van der Waals surface area (Å²) in [6.07, 6.45) is -0.111. The number of hydrogen-bond acceptors (Lipinski definition) is 4. The Morgan fingerprint density at radius 1 is 1.45 bits per heavy atom. The minimum atomic E-state index is -0.241. The molecule has 2 unspecified atom stereocenters. The summed E-state index contributed by atoms with van der Waals surface area (Å²) in [6.45, 7) is 2.66. The molecule has 20 heavy (non-hydrogen) atoms. The molecule has 0 fully saturated rings. The number of rotatable bonds is 8. The second-order valence-corrected chi connectivity index (χ2v) is 5.31. The Kier molecular flexibility index (Phi) is 7.58. The topological polar surface area (TPSA) is 73.6 Å². The number of nitrogens with two attached hydrogens (primary N) is 1. The number of para-hydroxylation sites is 1. The third kappa shape index (κ3) is 5.90. The van der Waals surface area contributed by atoms with E-state index in [-0.39, 0.29) is 24.5 Å². The predicted octanol–water partition coefficient (Wildman–Crippen LogP) is 1.70. The first-order valence-corrected chi connectivity index (χ1v) is 7.26. The van der Waals surface area contributed by atoms with E-state index in [0.717, 1.165) is 10.2 Å². The summed E-state index contributed by atoms with van der Waals surface area (Å²) in [5.41, 5.74) is 5.47. The van der Waals surface area contributed by atoms with Crippen molar-refractivity contribution in [2.45, 2.75) is 25.6 Å². The van der Waals surface area contributed by atoms with Gasteiger partial charge in [0.05, 0.1) is 23.5 Å². The summed E-state index contributed by atoms with van der Waals surface area (Å²) in [6, 6.07) is 7.60. The van der Waals surface area contributed by atoms with Crippen LogP contribution in [0.5, 0.6) is 5.75 Å². The highest BCUT2D eigenvalue weighted by atomic mass is 79.9. The largest absolute Gasteiger partial charge is 0.488 e. The Hall–Kier alpha value is -1.11. The van der Waals surface area contributed by atoms with Gasteiger partial charge in [0.15, 0.2) is 0 Å². The molecule has 2 atom stereocenters. The zero-order valence-corrected chi connectivity index (χ0v) is 13.4. The van der Waals surface area contributed by atoms with Crippen LogP contribution in [0.2, 0.25) is 0 Å². The van der Waals surface area contributed by atoms with Crippen molar-refractivity contribution in [1.82, 2.24) is 5.32 Å². The van der Waals surface area contributed by atoms with Crippen molar-refractivity contribution in [3.05, 3.63) is 28.7 Å². The molecule has 0 aromatic heterocycles. The van der Waals surface area contributed by atoms with E-state index >= 15 is 0 Å². The molecule has 112 valence electrons. The number of halogens is 1. The maximum Gasteiger partial charge on any atom is 0.222 e. The molecule has 0 spiro atoms. The van der Waals surface area contributed by atoms with Crippen molar-refractivity contribution in [3.63, 3.8) is 0 Å². The van der Waals surface area contributed by atoms with Gasteiger partial charge in [0.1, 0.15) is 11.9 Å². The van der Waals surface area contributed by atoms with E-state index in [1.807, 2.05) is 31.2 Å². The average molecular weight is 345 g/mol. The third-order valence-corrected chi connectivity index (χ3v) is 3.42. The third-order valence-electron chi connectivity index (χ3n) is 2.76. The highest BCUT2D eigenvalue weighted by Gasteiger charge is 2.13. The fraction of sp³-hybridized carbons (Fsp3) is 0.500. The van der Waals surface area contributed by atoms with Gasteiger partial charge in [0, 0.05) is 13.7 Å². The van der Waals surface area contributed by atoms with E-state index in [4.69, 9.17) is 15.2 Å². The Balaban J connectivity index is 2.34. The van der Waals surface area contributed by atoms with Crippen LogP contribution in [-0.2, 0) is 9.53 Å². The number of amides is 1. The van der Waals surface area contributed by atoms with Crippen molar-refractivity contribution in [2.24, 2.45) is 5.73 Å². The Labute approximate surface area is 127 Å². The van der Waals surface area contributed by atoms with Crippen molar-refractivity contribution < 1.29 is 14.3 Å². The molecule has 1 aromatic rings. The number of ether oxygens (including phenoxy) is 2.